The Hall–Kier alpha value is -3.34. The quantitative estimate of drug-likeness (QED) is 0.703. The van der Waals surface area contributed by atoms with Gasteiger partial charge in [-0.15, -0.1) is 0 Å². The van der Waals surface area contributed by atoms with E-state index >= 15 is 0 Å². The third-order valence-corrected chi connectivity index (χ3v) is 5.91. The lowest BCUT2D eigenvalue weighted by atomic mass is 9.89. The molecule has 0 radical (unpaired) electrons. The highest BCUT2D eigenvalue weighted by molar-refractivity contribution is 6.26. The van der Waals surface area contributed by atoms with Crippen LogP contribution in [-0.4, -0.2) is 24.0 Å². The topological polar surface area (TPSA) is 58.6 Å². The minimum atomic E-state index is -0.383. The zero-order valence-electron chi connectivity index (χ0n) is 17.4. The molecule has 0 saturated heterocycles. The minimum absolute atomic E-state index is 0.00837. The van der Waals surface area contributed by atoms with Gasteiger partial charge in [0.15, 0.2) is 0 Å². The number of fused-ring (bicyclic) bond motifs is 1. The van der Waals surface area contributed by atoms with E-state index in [1.165, 1.54) is 0 Å². The molecule has 2 heterocycles. The van der Waals surface area contributed by atoms with Crippen LogP contribution >= 0.6 is 0 Å². The van der Waals surface area contributed by atoms with E-state index in [1.807, 2.05) is 69.3 Å². The number of nitrogens with one attached hydrogen (secondary N) is 1. The Kier molecular flexibility index (Phi) is 4.10. The lowest BCUT2D eigenvalue weighted by Crippen LogP contribution is -2.45. The van der Waals surface area contributed by atoms with Gasteiger partial charge >= 0.3 is 0 Å². The summed E-state index contributed by atoms with van der Waals surface area (Å²) in [5, 5.41) is 5.08. The summed E-state index contributed by atoms with van der Waals surface area (Å²) in [5.74, 6) is 0.500. The van der Waals surface area contributed by atoms with E-state index in [-0.39, 0.29) is 30.0 Å². The molecule has 5 nitrogen and oxygen atoms in total. The minimum Gasteiger partial charge on any atom is -0.487 e. The average Bonchev–Trinajstić information content (AvgIpc) is 2.96. The number of aryl methyl sites for hydroxylation is 1. The fourth-order valence-corrected chi connectivity index (χ4v) is 4.62. The van der Waals surface area contributed by atoms with E-state index in [0.29, 0.717) is 12.0 Å². The van der Waals surface area contributed by atoms with Gasteiger partial charge in [0.25, 0.3) is 5.91 Å². The van der Waals surface area contributed by atoms with Crippen molar-refractivity contribution in [3.63, 3.8) is 0 Å². The van der Waals surface area contributed by atoms with Crippen LogP contribution in [0.5, 0.6) is 5.75 Å². The average molecular weight is 400 g/mol. The Balaban J connectivity index is 1.41. The van der Waals surface area contributed by atoms with Gasteiger partial charge in [0.05, 0.1) is 11.7 Å². The molecule has 0 unspecified atom stereocenters. The smallest absolute Gasteiger partial charge is 0.259 e. The van der Waals surface area contributed by atoms with Crippen molar-refractivity contribution in [1.82, 2.24) is 5.32 Å². The lowest BCUT2D eigenvalue weighted by molar-refractivity contribution is -0.121. The van der Waals surface area contributed by atoms with Crippen molar-refractivity contribution < 1.29 is 14.3 Å². The van der Waals surface area contributed by atoms with Gasteiger partial charge in [0.2, 0.25) is 5.91 Å². The van der Waals surface area contributed by atoms with Crippen LogP contribution in [0.2, 0.25) is 0 Å². The van der Waals surface area contributed by atoms with Gasteiger partial charge in [-0.25, -0.2) is 0 Å². The first kappa shape index (κ1) is 18.7. The highest BCUT2D eigenvalue weighted by atomic mass is 16.5. The molecule has 0 spiro atoms. The zero-order chi connectivity index (χ0) is 21.0. The van der Waals surface area contributed by atoms with Crippen molar-refractivity contribution in [3.05, 3.63) is 71.3 Å². The molecule has 1 N–H and O–H groups in total. The molecule has 152 valence electrons. The van der Waals surface area contributed by atoms with E-state index in [1.54, 1.807) is 4.90 Å². The molecule has 0 bridgehead atoms. The molecule has 3 aromatic rings. The van der Waals surface area contributed by atoms with Crippen LogP contribution in [0.3, 0.4) is 0 Å². The summed E-state index contributed by atoms with van der Waals surface area (Å²) in [5.41, 5.74) is 3.18. The number of ether oxygens (including phenoxy) is 1. The fourth-order valence-electron chi connectivity index (χ4n) is 4.62. The van der Waals surface area contributed by atoms with Crippen molar-refractivity contribution in [2.45, 2.75) is 38.8 Å². The highest BCUT2D eigenvalue weighted by Crippen LogP contribution is 2.40. The fraction of sp³-hybridized carbons (Fsp3) is 0.280. The van der Waals surface area contributed by atoms with Crippen molar-refractivity contribution in [1.29, 1.82) is 0 Å². The molecule has 0 aromatic heterocycles. The van der Waals surface area contributed by atoms with Crippen molar-refractivity contribution in [2.24, 2.45) is 0 Å². The molecule has 5 rings (SSSR count). The monoisotopic (exact) mass is 400 g/mol. The van der Waals surface area contributed by atoms with Gasteiger partial charge in [-0.05, 0) is 44.4 Å². The third kappa shape index (κ3) is 3.02. The molecule has 1 atom stereocenters. The Bertz CT molecular complexity index is 1190. The molecule has 5 heteroatoms. The normalized spacial score (nSPS) is 18.8. The molecule has 0 saturated carbocycles. The highest BCUT2D eigenvalue weighted by Gasteiger charge is 2.36. The van der Waals surface area contributed by atoms with Crippen molar-refractivity contribution in [3.8, 4) is 5.75 Å². The standard InChI is InChI=1S/C25H24N2O3/c1-15-10-11-21-18(12-15)19(13-25(2,3)30-21)26-22(28)14-27-20-9-5-7-16-6-4-8-17(23(16)20)24(27)29/h4-12,19H,13-14H2,1-3H3,(H,26,28)/t19-/m0/s1. The largest absolute Gasteiger partial charge is 0.487 e. The van der Waals surface area contributed by atoms with Gasteiger partial charge in [-0.1, -0.05) is 42.0 Å². The van der Waals surface area contributed by atoms with E-state index in [0.717, 1.165) is 33.3 Å². The summed E-state index contributed by atoms with van der Waals surface area (Å²) in [4.78, 5) is 27.6. The Morgan fingerprint density at radius 2 is 1.93 bits per heavy atom. The molecular formula is C25H24N2O3. The van der Waals surface area contributed by atoms with E-state index in [4.69, 9.17) is 4.74 Å². The number of carbonyl (C=O) groups excluding carboxylic acids is 2. The van der Waals surface area contributed by atoms with E-state index < -0.39 is 0 Å². The number of hydrogen-bond acceptors (Lipinski definition) is 3. The zero-order valence-corrected chi connectivity index (χ0v) is 17.4. The molecule has 2 amide bonds. The maximum Gasteiger partial charge on any atom is 0.259 e. The van der Waals surface area contributed by atoms with E-state index in [9.17, 15) is 9.59 Å². The number of carbonyl (C=O) groups is 2. The number of nitrogens with zero attached hydrogens (tertiary/aromatic N) is 1. The number of benzene rings is 3. The summed E-state index contributed by atoms with van der Waals surface area (Å²) < 4.78 is 6.10. The Morgan fingerprint density at radius 1 is 1.17 bits per heavy atom. The lowest BCUT2D eigenvalue weighted by Gasteiger charge is -2.38. The summed E-state index contributed by atoms with van der Waals surface area (Å²) in [6.07, 6.45) is 0.666. The first-order chi connectivity index (χ1) is 14.3. The number of anilines is 1. The molecule has 3 aromatic carbocycles. The summed E-state index contributed by atoms with van der Waals surface area (Å²) in [6.45, 7) is 6.07. The second-order valence-corrected chi connectivity index (χ2v) is 8.80. The number of hydrogen-bond donors (Lipinski definition) is 1. The molecule has 2 aliphatic heterocycles. The first-order valence-electron chi connectivity index (χ1n) is 10.2. The summed E-state index contributed by atoms with van der Waals surface area (Å²) in [7, 11) is 0. The molecule has 2 aliphatic rings. The third-order valence-electron chi connectivity index (χ3n) is 5.91. The van der Waals surface area contributed by atoms with Gasteiger partial charge in [-0.2, -0.15) is 0 Å². The van der Waals surface area contributed by atoms with Gasteiger partial charge in [0, 0.05) is 22.9 Å². The predicted octanol–water partition coefficient (Wildman–Crippen LogP) is 4.53. The molecule has 0 fully saturated rings. The van der Waals surface area contributed by atoms with Gasteiger partial charge in [0.1, 0.15) is 17.9 Å². The summed E-state index contributed by atoms with van der Waals surface area (Å²) in [6, 6.07) is 17.4. The van der Waals surface area contributed by atoms with Crippen LogP contribution in [0.4, 0.5) is 5.69 Å². The maximum atomic E-state index is 13.0. The van der Waals surface area contributed by atoms with Crippen LogP contribution in [-0.2, 0) is 4.79 Å². The van der Waals surface area contributed by atoms with Crippen molar-refractivity contribution >= 4 is 28.3 Å². The van der Waals surface area contributed by atoms with Crippen LogP contribution < -0.4 is 15.0 Å². The molecule has 30 heavy (non-hydrogen) atoms. The maximum absolute atomic E-state index is 13.0. The predicted molar refractivity (Wildman–Crippen MR) is 117 cm³/mol. The van der Waals surface area contributed by atoms with Gasteiger partial charge < -0.3 is 10.1 Å². The SMILES string of the molecule is Cc1ccc2c(c1)[C@@H](NC(=O)CN1C(=O)c3cccc4cccc1c34)CC(C)(C)O2. The second-order valence-electron chi connectivity index (χ2n) is 8.80. The molecule has 0 aliphatic carbocycles. The molecular weight excluding hydrogens is 376 g/mol. The first-order valence-corrected chi connectivity index (χ1v) is 10.2. The van der Waals surface area contributed by atoms with Crippen LogP contribution in [0, 0.1) is 6.92 Å². The second kappa shape index (κ2) is 6.59. The van der Waals surface area contributed by atoms with Gasteiger partial charge in [-0.3, -0.25) is 14.5 Å². The number of amides is 2. The van der Waals surface area contributed by atoms with Crippen LogP contribution in [0.15, 0.2) is 54.6 Å². The van der Waals surface area contributed by atoms with Crippen LogP contribution in [0.25, 0.3) is 10.8 Å². The van der Waals surface area contributed by atoms with E-state index in [2.05, 4.69) is 11.4 Å². The van der Waals surface area contributed by atoms with Crippen LogP contribution in [0.1, 0.15) is 47.8 Å². The summed E-state index contributed by atoms with van der Waals surface area (Å²) >= 11 is 0. The number of rotatable bonds is 3. The Labute approximate surface area is 175 Å². The Morgan fingerprint density at radius 3 is 2.73 bits per heavy atom. The van der Waals surface area contributed by atoms with Crippen molar-refractivity contribution in [2.75, 3.05) is 11.4 Å².